The quantitative estimate of drug-likeness (QED) is 0.662. The minimum absolute atomic E-state index is 0.109. The largest absolute Gasteiger partial charge is 0.388 e. The predicted molar refractivity (Wildman–Crippen MR) is 72.3 cm³/mol. The lowest BCUT2D eigenvalue weighted by Gasteiger charge is -2.09. The summed E-state index contributed by atoms with van der Waals surface area (Å²) in [7, 11) is 1.63. The van der Waals surface area contributed by atoms with Crippen molar-refractivity contribution in [1.29, 1.82) is 0 Å². The number of halogens is 2. The van der Waals surface area contributed by atoms with Crippen LogP contribution in [0.1, 0.15) is 0 Å². The van der Waals surface area contributed by atoms with Gasteiger partial charge in [-0.05, 0) is 18.2 Å². The molecule has 0 heterocycles. The molecule has 5 nitrogen and oxygen atoms in total. The van der Waals surface area contributed by atoms with Gasteiger partial charge in [-0.2, -0.15) is 0 Å². The van der Waals surface area contributed by atoms with Gasteiger partial charge in [0.2, 0.25) is 0 Å². The Hall–Kier alpha value is -2.70. The summed E-state index contributed by atoms with van der Waals surface area (Å²) in [5, 5.41) is 16.4. The number of non-ortho nitro benzene ring substituents is 1. The normalized spacial score (nSPS) is 10.2. The lowest BCUT2D eigenvalue weighted by atomic mass is 10.2. The molecule has 0 saturated heterocycles. The number of hydrogen-bond acceptors (Lipinski definition) is 4. The van der Waals surface area contributed by atoms with Crippen LogP contribution in [-0.2, 0) is 0 Å². The summed E-state index contributed by atoms with van der Waals surface area (Å²) in [5.41, 5.74) is 1.12. The van der Waals surface area contributed by atoms with Crippen LogP contribution in [0.4, 0.5) is 31.5 Å². The summed E-state index contributed by atoms with van der Waals surface area (Å²) < 4.78 is 25.9. The zero-order valence-corrected chi connectivity index (χ0v) is 10.5. The van der Waals surface area contributed by atoms with Crippen LogP contribution >= 0.6 is 0 Å². The van der Waals surface area contributed by atoms with Crippen molar-refractivity contribution in [3.8, 4) is 0 Å². The highest BCUT2D eigenvalue weighted by molar-refractivity contribution is 5.68. The highest BCUT2D eigenvalue weighted by atomic mass is 19.2. The molecule has 0 fully saturated rings. The predicted octanol–water partition coefficient (Wildman–Crippen LogP) is 3.66. The van der Waals surface area contributed by atoms with Crippen LogP contribution in [0.15, 0.2) is 36.4 Å². The Bertz CT molecular complexity index is 662. The fourth-order valence-electron chi connectivity index (χ4n) is 1.67. The van der Waals surface area contributed by atoms with Gasteiger partial charge >= 0.3 is 0 Å². The highest BCUT2D eigenvalue weighted by Crippen LogP contribution is 2.27. The molecule has 0 aromatic heterocycles. The molecular weight excluding hydrogens is 268 g/mol. The standard InChI is InChI=1S/C13H11F2N3O2/c1-16-9-4-10(6-11(5-9)18(19)20)17-8-2-3-12(14)13(15)7-8/h2-7,16-17H,1H3. The molecule has 0 aliphatic heterocycles. The molecule has 2 aromatic carbocycles. The van der Waals surface area contributed by atoms with E-state index in [-0.39, 0.29) is 5.69 Å². The Morgan fingerprint density at radius 1 is 1.00 bits per heavy atom. The van der Waals surface area contributed by atoms with Crippen LogP contribution in [0.25, 0.3) is 0 Å². The molecule has 104 valence electrons. The second kappa shape index (κ2) is 5.52. The van der Waals surface area contributed by atoms with E-state index in [0.717, 1.165) is 12.1 Å². The Kier molecular flexibility index (Phi) is 3.79. The Morgan fingerprint density at radius 3 is 2.30 bits per heavy atom. The average molecular weight is 279 g/mol. The van der Waals surface area contributed by atoms with E-state index >= 15 is 0 Å². The molecule has 2 rings (SSSR count). The first-order chi connectivity index (χ1) is 9.49. The molecule has 0 atom stereocenters. The number of nitrogens with zero attached hydrogens (tertiary/aromatic N) is 1. The highest BCUT2D eigenvalue weighted by Gasteiger charge is 2.10. The number of hydrogen-bond donors (Lipinski definition) is 2. The van der Waals surface area contributed by atoms with Crippen molar-refractivity contribution in [3.63, 3.8) is 0 Å². The number of benzene rings is 2. The molecule has 2 aromatic rings. The molecule has 0 spiro atoms. The first-order valence-electron chi connectivity index (χ1n) is 5.69. The molecule has 0 saturated carbocycles. The van der Waals surface area contributed by atoms with E-state index in [2.05, 4.69) is 10.6 Å². The van der Waals surface area contributed by atoms with Crippen LogP contribution < -0.4 is 10.6 Å². The van der Waals surface area contributed by atoms with Gasteiger partial charge in [0.25, 0.3) is 5.69 Å². The first-order valence-corrected chi connectivity index (χ1v) is 5.69. The van der Waals surface area contributed by atoms with Gasteiger partial charge in [0, 0.05) is 42.3 Å². The van der Waals surface area contributed by atoms with Crippen LogP contribution in [0, 0.1) is 21.7 Å². The van der Waals surface area contributed by atoms with Crippen LogP contribution in [0.3, 0.4) is 0 Å². The van der Waals surface area contributed by atoms with E-state index in [0.29, 0.717) is 17.1 Å². The van der Waals surface area contributed by atoms with Crippen molar-refractivity contribution in [2.24, 2.45) is 0 Å². The maximum absolute atomic E-state index is 13.1. The first kappa shape index (κ1) is 13.7. The van der Waals surface area contributed by atoms with E-state index < -0.39 is 16.6 Å². The molecule has 0 amide bonds. The molecule has 0 unspecified atom stereocenters. The molecule has 20 heavy (non-hydrogen) atoms. The van der Waals surface area contributed by atoms with Gasteiger partial charge in [0.15, 0.2) is 11.6 Å². The number of nitro groups is 1. The second-order valence-electron chi connectivity index (χ2n) is 4.03. The van der Waals surface area contributed by atoms with Gasteiger partial charge in [-0.1, -0.05) is 0 Å². The number of nitro benzene ring substituents is 1. The number of nitrogens with one attached hydrogen (secondary N) is 2. The van der Waals surface area contributed by atoms with Gasteiger partial charge in [-0.25, -0.2) is 8.78 Å². The minimum atomic E-state index is -0.991. The van der Waals surface area contributed by atoms with E-state index in [1.807, 2.05) is 0 Å². The van der Waals surface area contributed by atoms with Crippen molar-refractivity contribution in [3.05, 3.63) is 58.1 Å². The van der Waals surface area contributed by atoms with Gasteiger partial charge < -0.3 is 10.6 Å². The van der Waals surface area contributed by atoms with Gasteiger partial charge in [-0.3, -0.25) is 10.1 Å². The molecule has 7 heteroatoms. The monoisotopic (exact) mass is 279 g/mol. The topological polar surface area (TPSA) is 67.2 Å². The summed E-state index contributed by atoms with van der Waals surface area (Å²) >= 11 is 0. The van der Waals surface area contributed by atoms with Crippen molar-refractivity contribution in [2.45, 2.75) is 0 Å². The van der Waals surface area contributed by atoms with Crippen LogP contribution in [0.5, 0.6) is 0 Å². The SMILES string of the molecule is CNc1cc(Nc2ccc(F)c(F)c2)cc([N+](=O)[O-])c1. The summed E-state index contributed by atoms with van der Waals surface area (Å²) in [6.45, 7) is 0. The third-order valence-corrected chi connectivity index (χ3v) is 2.63. The van der Waals surface area contributed by atoms with E-state index in [1.54, 1.807) is 13.1 Å². The van der Waals surface area contributed by atoms with Gasteiger partial charge in [0.05, 0.1) is 4.92 Å². The van der Waals surface area contributed by atoms with E-state index in [9.17, 15) is 18.9 Å². The summed E-state index contributed by atoms with van der Waals surface area (Å²) in [4.78, 5) is 10.3. The molecular formula is C13H11F2N3O2. The Morgan fingerprint density at radius 2 is 1.70 bits per heavy atom. The Labute approximate surface area is 113 Å². The molecule has 0 aliphatic carbocycles. The third-order valence-electron chi connectivity index (χ3n) is 2.63. The van der Waals surface area contributed by atoms with Gasteiger partial charge in [0.1, 0.15) is 0 Å². The van der Waals surface area contributed by atoms with E-state index in [4.69, 9.17) is 0 Å². The van der Waals surface area contributed by atoms with Gasteiger partial charge in [-0.15, -0.1) is 0 Å². The lowest BCUT2D eigenvalue weighted by molar-refractivity contribution is -0.384. The molecule has 0 aliphatic rings. The lowest BCUT2D eigenvalue weighted by Crippen LogP contribution is -1.97. The van der Waals surface area contributed by atoms with E-state index in [1.165, 1.54) is 18.2 Å². The van der Waals surface area contributed by atoms with Crippen molar-refractivity contribution in [1.82, 2.24) is 0 Å². The summed E-state index contributed by atoms with van der Waals surface area (Å²) in [5.74, 6) is -1.94. The zero-order chi connectivity index (χ0) is 14.7. The number of anilines is 3. The van der Waals surface area contributed by atoms with Crippen LogP contribution in [0.2, 0.25) is 0 Å². The number of rotatable bonds is 4. The minimum Gasteiger partial charge on any atom is -0.388 e. The van der Waals surface area contributed by atoms with Crippen molar-refractivity contribution < 1.29 is 13.7 Å². The van der Waals surface area contributed by atoms with Crippen LogP contribution in [-0.4, -0.2) is 12.0 Å². The fraction of sp³-hybridized carbons (Fsp3) is 0.0769. The molecule has 0 radical (unpaired) electrons. The maximum atomic E-state index is 13.1. The summed E-state index contributed by atoms with van der Waals surface area (Å²) in [6.07, 6.45) is 0. The zero-order valence-electron chi connectivity index (χ0n) is 10.5. The maximum Gasteiger partial charge on any atom is 0.273 e. The second-order valence-corrected chi connectivity index (χ2v) is 4.03. The fourth-order valence-corrected chi connectivity index (χ4v) is 1.67. The van der Waals surface area contributed by atoms with Crippen molar-refractivity contribution in [2.75, 3.05) is 17.7 Å². The van der Waals surface area contributed by atoms with Crippen molar-refractivity contribution >= 4 is 22.7 Å². The average Bonchev–Trinajstić information content (AvgIpc) is 2.42. The third kappa shape index (κ3) is 3.00. The Balaban J connectivity index is 2.34. The molecule has 2 N–H and O–H groups in total. The summed E-state index contributed by atoms with van der Waals surface area (Å²) in [6, 6.07) is 7.60. The smallest absolute Gasteiger partial charge is 0.273 e. The molecule has 0 bridgehead atoms.